The molecule has 0 atom stereocenters. The van der Waals surface area contributed by atoms with Crippen LogP contribution in [0.5, 0.6) is 11.5 Å². The van der Waals surface area contributed by atoms with Gasteiger partial charge < -0.3 is 19.3 Å². The molecule has 4 aromatic rings. The molecular formula is C33H30O7. The second-order valence-corrected chi connectivity index (χ2v) is 10.1. The average molecular weight is 539 g/mol. The van der Waals surface area contributed by atoms with Gasteiger partial charge in [-0.1, -0.05) is 78.9 Å². The van der Waals surface area contributed by atoms with Crippen molar-refractivity contribution in [1.82, 2.24) is 0 Å². The van der Waals surface area contributed by atoms with Crippen LogP contribution >= 0.6 is 0 Å². The zero-order chi connectivity index (χ0) is 28.7. The average Bonchev–Trinajstić information content (AvgIpc) is 2.94. The second kappa shape index (κ2) is 12.3. The van der Waals surface area contributed by atoms with Gasteiger partial charge in [-0.15, -0.1) is 0 Å². The van der Waals surface area contributed by atoms with E-state index in [1.807, 2.05) is 60.7 Å². The second-order valence-electron chi connectivity index (χ2n) is 10.1. The molecule has 0 aliphatic heterocycles. The summed E-state index contributed by atoms with van der Waals surface area (Å²) in [5.41, 5.74) is 0.850. The highest BCUT2D eigenvalue weighted by Gasteiger charge is 2.28. The number of carbonyl (C=O) groups excluding carboxylic acids is 2. The lowest BCUT2D eigenvalue weighted by molar-refractivity contribution is 0.00681. The Hall–Kier alpha value is -4.91. The van der Waals surface area contributed by atoms with Crippen LogP contribution in [0.1, 0.15) is 68.5 Å². The van der Waals surface area contributed by atoms with E-state index < -0.39 is 23.3 Å². The molecule has 0 unspecified atom stereocenters. The molecule has 0 bridgehead atoms. The van der Waals surface area contributed by atoms with Gasteiger partial charge in [0.25, 0.3) is 0 Å². The first-order valence-electron chi connectivity index (χ1n) is 12.7. The number of ketones is 1. The van der Waals surface area contributed by atoms with Crippen LogP contribution in [-0.2, 0) is 18.0 Å². The Morgan fingerprint density at radius 2 is 1.12 bits per heavy atom. The Kier molecular flexibility index (Phi) is 8.64. The van der Waals surface area contributed by atoms with Crippen LogP contribution in [0.15, 0.2) is 97.1 Å². The van der Waals surface area contributed by atoms with E-state index in [2.05, 4.69) is 0 Å². The molecule has 0 saturated carbocycles. The molecule has 7 heteroatoms. The maximum absolute atomic E-state index is 14.0. The van der Waals surface area contributed by atoms with E-state index >= 15 is 0 Å². The van der Waals surface area contributed by atoms with Crippen LogP contribution in [0.4, 0.5) is 0 Å². The fourth-order valence-corrected chi connectivity index (χ4v) is 3.97. The number of rotatable bonds is 10. The van der Waals surface area contributed by atoms with Crippen LogP contribution in [0.2, 0.25) is 0 Å². The van der Waals surface area contributed by atoms with Crippen molar-refractivity contribution in [3.8, 4) is 11.5 Å². The third-order valence-electron chi connectivity index (χ3n) is 5.80. The molecule has 0 aromatic heterocycles. The van der Waals surface area contributed by atoms with Gasteiger partial charge in [-0.25, -0.2) is 9.59 Å². The first-order chi connectivity index (χ1) is 19.1. The number of hydrogen-bond acceptors (Lipinski definition) is 6. The van der Waals surface area contributed by atoms with Gasteiger partial charge in [-0.05, 0) is 50.1 Å². The van der Waals surface area contributed by atoms with Gasteiger partial charge >= 0.3 is 11.9 Å². The molecule has 204 valence electrons. The molecule has 0 aliphatic carbocycles. The van der Waals surface area contributed by atoms with E-state index in [-0.39, 0.29) is 47.0 Å². The largest absolute Gasteiger partial charge is 0.488 e. The number of ether oxygens (including phenoxy) is 3. The lowest BCUT2D eigenvalue weighted by Crippen LogP contribution is -2.24. The van der Waals surface area contributed by atoms with Gasteiger partial charge in [0.1, 0.15) is 35.9 Å². The molecule has 0 saturated heterocycles. The summed E-state index contributed by atoms with van der Waals surface area (Å²) < 4.78 is 17.8. The third-order valence-corrected chi connectivity index (χ3v) is 5.80. The predicted octanol–water partition coefficient (Wildman–Crippen LogP) is 6.73. The van der Waals surface area contributed by atoms with E-state index in [9.17, 15) is 19.5 Å². The molecular weight excluding hydrogens is 508 g/mol. The zero-order valence-electron chi connectivity index (χ0n) is 22.5. The number of hydrogen-bond donors (Lipinski definition) is 1. The molecule has 1 N–H and O–H groups in total. The quantitative estimate of drug-likeness (QED) is 0.177. The summed E-state index contributed by atoms with van der Waals surface area (Å²) in [7, 11) is 0. The first kappa shape index (κ1) is 28.1. The summed E-state index contributed by atoms with van der Waals surface area (Å²) in [5, 5.41) is 9.75. The minimum atomic E-state index is -1.24. The van der Waals surface area contributed by atoms with Crippen molar-refractivity contribution in [2.24, 2.45) is 0 Å². The number of esters is 1. The van der Waals surface area contributed by atoms with E-state index in [1.165, 1.54) is 24.3 Å². The van der Waals surface area contributed by atoms with Crippen LogP contribution < -0.4 is 9.47 Å². The molecule has 0 aliphatic rings. The highest BCUT2D eigenvalue weighted by molar-refractivity contribution is 6.17. The zero-order valence-corrected chi connectivity index (χ0v) is 22.5. The van der Waals surface area contributed by atoms with E-state index in [0.29, 0.717) is 0 Å². The van der Waals surface area contributed by atoms with E-state index in [4.69, 9.17) is 14.2 Å². The molecule has 0 heterocycles. The summed E-state index contributed by atoms with van der Waals surface area (Å²) in [6.45, 7) is 5.46. The summed E-state index contributed by atoms with van der Waals surface area (Å²) in [5.74, 6) is -2.33. The van der Waals surface area contributed by atoms with Crippen molar-refractivity contribution in [3.63, 3.8) is 0 Å². The molecule has 0 spiro atoms. The van der Waals surface area contributed by atoms with Crippen LogP contribution in [0, 0.1) is 0 Å². The van der Waals surface area contributed by atoms with Crippen molar-refractivity contribution in [1.29, 1.82) is 0 Å². The van der Waals surface area contributed by atoms with Gasteiger partial charge in [-0.3, -0.25) is 4.79 Å². The van der Waals surface area contributed by atoms with Crippen molar-refractivity contribution >= 4 is 17.7 Å². The number of aromatic carboxylic acids is 1. The minimum absolute atomic E-state index is 0.00729. The van der Waals surface area contributed by atoms with Crippen molar-refractivity contribution in [2.75, 3.05) is 0 Å². The van der Waals surface area contributed by atoms with Gasteiger partial charge in [0.15, 0.2) is 0 Å². The summed E-state index contributed by atoms with van der Waals surface area (Å²) in [6, 6.07) is 27.5. The molecule has 0 fully saturated rings. The van der Waals surface area contributed by atoms with E-state index in [0.717, 1.165) is 11.1 Å². The standard InChI is InChI=1S/C33H30O7/c1-33(2,3)40-32(37)24-18-27(38-20-22-12-6-4-7-13-22)29(28(19-24)39-21-23-14-8-5-9-15-23)30(34)25-16-10-11-17-26(25)31(35)36/h4-19H,20-21H2,1-3H3,(H,35,36). The van der Waals surface area contributed by atoms with Crippen molar-refractivity contribution in [3.05, 3.63) is 130 Å². The fraction of sp³-hybridized carbons (Fsp3) is 0.182. The molecule has 0 amide bonds. The molecule has 7 nitrogen and oxygen atoms in total. The highest BCUT2D eigenvalue weighted by Crippen LogP contribution is 2.35. The number of benzene rings is 4. The predicted molar refractivity (Wildman–Crippen MR) is 150 cm³/mol. The Balaban J connectivity index is 1.86. The summed E-state index contributed by atoms with van der Waals surface area (Å²) in [4.78, 5) is 39.1. The highest BCUT2D eigenvalue weighted by atomic mass is 16.6. The lowest BCUT2D eigenvalue weighted by atomic mass is 9.95. The lowest BCUT2D eigenvalue weighted by Gasteiger charge is -2.21. The molecule has 4 aromatic carbocycles. The van der Waals surface area contributed by atoms with Crippen LogP contribution in [-0.4, -0.2) is 28.4 Å². The van der Waals surface area contributed by atoms with Crippen molar-refractivity contribution < 1.29 is 33.7 Å². The van der Waals surface area contributed by atoms with Gasteiger partial charge in [0.05, 0.1) is 11.1 Å². The fourth-order valence-electron chi connectivity index (χ4n) is 3.97. The topological polar surface area (TPSA) is 99.1 Å². The van der Waals surface area contributed by atoms with Gasteiger partial charge in [0.2, 0.25) is 5.78 Å². The number of carboxylic acids is 1. The number of carboxylic acid groups (broad SMARTS) is 1. The summed E-state index contributed by atoms with van der Waals surface area (Å²) in [6.07, 6.45) is 0. The monoisotopic (exact) mass is 538 g/mol. The Morgan fingerprint density at radius 1 is 0.675 bits per heavy atom. The molecule has 4 rings (SSSR count). The summed E-state index contributed by atoms with van der Waals surface area (Å²) >= 11 is 0. The SMILES string of the molecule is CC(C)(C)OC(=O)c1cc(OCc2ccccc2)c(C(=O)c2ccccc2C(=O)O)c(OCc2ccccc2)c1. The Labute approximate surface area is 233 Å². The maximum Gasteiger partial charge on any atom is 0.338 e. The van der Waals surface area contributed by atoms with Gasteiger partial charge in [-0.2, -0.15) is 0 Å². The smallest absolute Gasteiger partial charge is 0.338 e. The van der Waals surface area contributed by atoms with Gasteiger partial charge in [0, 0.05) is 5.56 Å². The van der Waals surface area contributed by atoms with Crippen LogP contribution in [0.25, 0.3) is 0 Å². The first-order valence-corrected chi connectivity index (χ1v) is 12.7. The third kappa shape index (κ3) is 7.14. The normalized spacial score (nSPS) is 11.0. The number of carbonyl (C=O) groups is 3. The van der Waals surface area contributed by atoms with E-state index in [1.54, 1.807) is 32.9 Å². The van der Waals surface area contributed by atoms with Crippen molar-refractivity contribution in [2.45, 2.75) is 39.6 Å². The molecule has 40 heavy (non-hydrogen) atoms. The molecule has 0 radical (unpaired) electrons. The minimum Gasteiger partial charge on any atom is -0.488 e. The Morgan fingerprint density at radius 3 is 1.57 bits per heavy atom. The Bertz CT molecular complexity index is 1440. The maximum atomic E-state index is 14.0. The van der Waals surface area contributed by atoms with Crippen LogP contribution in [0.3, 0.4) is 0 Å².